The predicted octanol–water partition coefficient (Wildman–Crippen LogP) is 4.44. The van der Waals surface area contributed by atoms with Gasteiger partial charge in [0.25, 0.3) is 0 Å². The van der Waals surface area contributed by atoms with Crippen LogP contribution in [0.1, 0.15) is 24.9 Å². The lowest BCUT2D eigenvalue weighted by atomic mass is 10.0. The molecule has 0 aliphatic heterocycles. The molecule has 2 aromatic carbocycles. The Labute approximate surface area is 114 Å². The number of hydrogen-bond acceptors (Lipinski definition) is 2. The molecule has 0 amide bonds. The summed E-state index contributed by atoms with van der Waals surface area (Å²) in [6.45, 7) is 5.89. The minimum Gasteiger partial charge on any atom is -0.457 e. The Bertz CT molecular complexity index is 548. The Morgan fingerprint density at radius 3 is 2.47 bits per heavy atom. The van der Waals surface area contributed by atoms with Crippen molar-refractivity contribution in [2.75, 3.05) is 0 Å². The highest BCUT2D eigenvalue weighted by atomic mass is 16.5. The van der Waals surface area contributed by atoms with E-state index in [1.54, 1.807) is 0 Å². The molecule has 2 aromatic rings. The molecule has 2 heteroatoms. The maximum Gasteiger partial charge on any atom is 0.127 e. The highest BCUT2D eigenvalue weighted by Gasteiger charge is 2.07. The Balaban J connectivity index is 2.13. The fraction of sp³-hybridized carbons (Fsp3) is 0.176. The molecule has 0 saturated heterocycles. The van der Waals surface area contributed by atoms with E-state index in [9.17, 15) is 0 Å². The molecule has 1 atom stereocenters. The lowest BCUT2D eigenvalue weighted by Gasteiger charge is -2.13. The molecule has 0 bridgehead atoms. The van der Waals surface area contributed by atoms with Crippen LogP contribution < -0.4 is 10.5 Å². The summed E-state index contributed by atoms with van der Waals surface area (Å²) in [6, 6.07) is 17.6. The Hall–Kier alpha value is -2.06. The van der Waals surface area contributed by atoms with E-state index in [2.05, 4.69) is 6.58 Å². The standard InChI is InChI=1S/C17H19NO/c1-13(2)11-17(18)14-7-6-10-16(12-14)19-15-8-4-3-5-9-15/h3-10,12,17H,1,11,18H2,2H3/t17-/m0/s1. The second kappa shape index (κ2) is 6.21. The van der Waals surface area contributed by atoms with Gasteiger partial charge in [0, 0.05) is 6.04 Å². The first kappa shape index (κ1) is 13.4. The van der Waals surface area contributed by atoms with Crippen molar-refractivity contribution in [2.24, 2.45) is 5.73 Å². The van der Waals surface area contributed by atoms with E-state index in [0.717, 1.165) is 29.1 Å². The van der Waals surface area contributed by atoms with E-state index in [4.69, 9.17) is 10.5 Å². The summed E-state index contributed by atoms with van der Waals surface area (Å²) in [5.41, 5.74) is 8.29. The number of benzene rings is 2. The van der Waals surface area contributed by atoms with E-state index in [-0.39, 0.29) is 6.04 Å². The van der Waals surface area contributed by atoms with Crippen LogP contribution in [0.5, 0.6) is 11.5 Å². The summed E-state index contributed by atoms with van der Waals surface area (Å²) < 4.78 is 5.80. The van der Waals surface area contributed by atoms with Crippen molar-refractivity contribution in [1.29, 1.82) is 0 Å². The molecule has 0 heterocycles. The smallest absolute Gasteiger partial charge is 0.127 e. The molecule has 0 radical (unpaired) electrons. The molecule has 2 nitrogen and oxygen atoms in total. The molecule has 2 rings (SSSR count). The van der Waals surface area contributed by atoms with E-state index >= 15 is 0 Å². The zero-order valence-electron chi connectivity index (χ0n) is 11.2. The van der Waals surface area contributed by atoms with Crippen LogP contribution in [-0.4, -0.2) is 0 Å². The molecule has 2 N–H and O–H groups in total. The van der Waals surface area contributed by atoms with Gasteiger partial charge in [-0.15, -0.1) is 6.58 Å². The number of nitrogens with two attached hydrogens (primary N) is 1. The molecular formula is C17H19NO. The second-order valence-corrected chi connectivity index (χ2v) is 4.76. The average molecular weight is 253 g/mol. The Morgan fingerprint density at radius 2 is 1.79 bits per heavy atom. The van der Waals surface area contributed by atoms with Crippen LogP contribution in [-0.2, 0) is 0 Å². The average Bonchev–Trinajstić information content (AvgIpc) is 2.39. The summed E-state index contributed by atoms with van der Waals surface area (Å²) in [7, 11) is 0. The summed E-state index contributed by atoms with van der Waals surface area (Å²) in [5, 5.41) is 0. The van der Waals surface area contributed by atoms with Crippen LogP contribution in [0.15, 0.2) is 66.7 Å². The van der Waals surface area contributed by atoms with E-state index in [1.165, 1.54) is 0 Å². The lowest BCUT2D eigenvalue weighted by Crippen LogP contribution is -2.10. The van der Waals surface area contributed by atoms with Crippen molar-refractivity contribution in [3.05, 3.63) is 72.3 Å². The Kier molecular flexibility index (Phi) is 4.37. The third-order valence-corrected chi connectivity index (χ3v) is 2.83. The van der Waals surface area contributed by atoms with Gasteiger partial charge in [0.15, 0.2) is 0 Å². The maximum absolute atomic E-state index is 6.14. The highest BCUT2D eigenvalue weighted by molar-refractivity contribution is 5.35. The van der Waals surface area contributed by atoms with Crippen molar-refractivity contribution in [3.63, 3.8) is 0 Å². The first-order valence-electron chi connectivity index (χ1n) is 6.38. The normalized spacial score (nSPS) is 11.9. The molecule has 19 heavy (non-hydrogen) atoms. The van der Waals surface area contributed by atoms with Crippen LogP contribution >= 0.6 is 0 Å². The maximum atomic E-state index is 6.14. The monoisotopic (exact) mass is 253 g/mol. The van der Waals surface area contributed by atoms with E-state index < -0.39 is 0 Å². The van der Waals surface area contributed by atoms with Gasteiger partial charge >= 0.3 is 0 Å². The zero-order chi connectivity index (χ0) is 13.7. The topological polar surface area (TPSA) is 35.2 Å². The van der Waals surface area contributed by atoms with E-state index in [1.807, 2.05) is 61.5 Å². The molecule has 0 spiro atoms. The van der Waals surface area contributed by atoms with Gasteiger partial charge in [-0.1, -0.05) is 35.9 Å². The fourth-order valence-corrected chi connectivity index (χ4v) is 1.93. The van der Waals surface area contributed by atoms with Gasteiger partial charge in [0.05, 0.1) is 0 Å². The molecule has 0 saturated carbocycles. The first-order chi connectivity index (χ1) is 9.15. The van der Waals surface area contributed by atoms with Crippen molar-refractivity contribution in [3.8, 4) is 11.5 Å². The zero-order valence-corrected chi connectivity index (χ0v) is 11.2. The van der Waals surface area contributed by atoms with Crippen LogP contribution in [0, 0.1) is 0 Å². The van der Waals surface area contributed by atoms with Crippen LogP contribution in [0.2, 0.25) is 0 Å². The van der Waals surface area contributed by atoms with Gasteiger partial charge in [-0.3, -0.25) is 0 Å². The van der Waals surface area contributed by atoms with Gasteiger partial charge in [-0.05, 0) is 43.2 Å². The molecule has 98 valence electrons. The molecule has 0 fully saturated rings. The quantitative estimate of drug-likeness (QED) is 0.799. The van der Waals surface area contributed by atoms with Gasteiger partial charge in [0.2, 0.25) is 0 Å². The first-order valence-corrected chi connectivity index (χ1v) is 6.38. The van der Waals surface area contributed by atoms with Gasteiger partial charge in [-0.2, -0.15) is 0 Å². The van der Waals surface area contributed by atoms with Crippen molar-refractivity contribution in [1.82, 2.24) is 0 Å². The number of hydrogen-bond donors (Lipinski definition) is 1. The summed E-state index contributed by atoms with van der Waals surface area (Å²) in [5.74, 6) is 1.63. The second-order valence-electron chi connectivity index (χ2n) is 4.76. The lowest BCUT2D eigenvalue weighted by molar-refractivity contribution is 0.481. The third kappa shape index (κ3) is 3.97. The highest BCUT2D eigenvalue weighted by Crippen LogP contribution is 2.25. The third-order valence-electron chi connectivity index (χ3n) is 2.83. The van der Waals surface area contributed by atoms with Crippen LogP contribution in [0.25, 0.3) is 0 Å². The molecule has 0 aromatic heterocycles. The Morgan fingerprint density at radius 1 is 1.11 bits per heavy atom. The predicted molar refractivity (Wildman–Crippen MR) is 79.3 cm³/mol. The van der Waals surface area contributed by atoms with Crippen LogP contribution in [0.3, 0.4) is 0 Å². The molecule has 0 aliphatic rings. The number of ether oxygens (including phenoxy) is 1. The molecular weight excluding hydrogens is 234 g/mol. The van der Waals surface area contributed by atoms with Crippen molar-refractivity contribution < 1.29 is 4.74 Å². The van der Waals surface area contributed by atoms with Crippen molar-refractivity contribution in [2.45, 2.75) is 19.4 Å². The fourth-order valence-electron chi connectivity index (χ4n) is 1.93. The summed E-state index contributed by atoms with van der Waals surface area (Å²) in [6.07, 6.45) is 0.786. The minimum absolute atomic E-state index is 0.0307. The molecule has 0 unspecified atom stereocenters. The SMILES string of the molecule is C=C(C)C[C@H](N)c1cccc(Oc2ccccc2)c1. The number of para-hydroxylation sites is 1. The minimum atomic E-state index is -0.0307. The van der Waals surface area contributed by atoms with Gasteiger partial charge in [-0.25, -0.2) is 0 Å². The van der Waals surface area contributed by atoms with Gasteiger partial charge < -0.3 is 10.5 Å². The molecule has 0 aliphatic carbocycles. The van der Waals surface area contributed by atoms with Crippen LogP contribution in [0.4, 0.5) is 0 Å². The summed E-state index contributed by atoms with van der Waals surface area (Å²) in [4.78, 5) is 0. The largest absolute Gasteiger partial charge is 0.457 e. The van der Waals surface area contributed by atoms with Gasteiger partial charge in [0.1, 0.15) is 11.5 Å². The van der Waals surface area contributed by atoms with Crippen molar-refractivity contribution >= 4 is 0 Å². The van der Waals surface area contributed by atoms with E-state index in [0.29, 0.717) is 0 Å². The summed E-state index contributed by atoms with van der Waals surface area (Å²) >= 11 is 0. The number of rotatable bonds is 5.